The summed E-state index contributed by atoms with van der Waals surface area (Å²) in [5.74, 6) is 0. The van der Waals surface area contributed by atoms with Crippen molar-refractivity contribution in [3.8, 4) is 0 Å². The molecule has 12 heavy (non-hydrogen) atoms. The van der Waals surface area contributed by atoms with Crippen LogP contribution in [0.2, 0.25) is 0 Å². The molecule has 0 saturated carbocycles. The SMILES string of the molecule is CC(C)O[PH](OCl)(OCl)C(C)C. The van der Waals surface area contributed by atoms with Crippen LogP contribution in [0.1, 0.15) is 27.7 Å². The topological polar surface area (TPSA) is 27.7 Å². The number of hydrogen-bond acceptors (Lipinski definition) is 3. The minimum atomic E-state index is -2.85. The van der Waals surface area contributed by atoms with Gasteiger partial charge in [0.25, 0.3) is 0 Å². The average molecular weight is 237 g/mol. The van der Waals surface area contributed by atoms with E-state index in [1.54, 1.807) is 0 Å². The number of hydrogen-bond donors (Lipinski definition) is 0. The van der Waals surface area contributed by atoms with Crippen molar-refractivity contribution in [2.24, 2.45) is 0 Å². The standard InChI is InChI=1S/C6H15Cl2O3P/c1-5(2)9-12(10-7,11-8)6(3)4/h5-6,12H,1-4H3. The van der Waals surface area contributed by atoms with Gasteiger partial charge in [-0.15, -0.1) is 0 Å². The summed E-state index contributed by atoms with van der Waals surface area (Å²) in [5.41, 5.74) is 0.0369. The Bertz CT molecular complexity index is 128. The molecule has 0 aliphatic rings. The Kier molecular flexibility index (Phi) is 6.00. The first-order chi connectivity index (χ1) is 5.48. The zero-order chi connectivity index (χ0) is 9.78. The van der Waals surface area contributed by atoms with Gasteiger partial charge >= 0.3 is 83.8 Å². The molecule has 3 nitrogen and oxygen atoms in total. The Morgan fingerprint density at radius 2 is 1.42 bits per heavy atom. The van der Waals surface area contributed by atoms with Gasteiger partial charge < -0.3 is 0 Å². The molecule has 0 aromatic carbocycles. The Balaban J connectivity index is 4.35. The van der Waals surface area contributed by atoms with Gasteiger partial charge in [0.05, 0.1) is 0 Å². The van der Waals surface area contributed by atoms with Crippen LogP contribution in [0.15, 0.2) is 0 Å². The summed E-state index contributed by atoms with van der Waals surface area (Å²) in [7, 11) is -2.85. The van der Waals surface area contributed by atoms with Crippen molar-refractivity contribution in [1.82, 2.24) is 0 Å². The zero-order valence-corrected chi connectivity index (χ0v) is 10.1. The predicted molar refractivity (Wildman–Crippen MR) is 53.5 cm³/mol. The Morgan fingerprint density at radius 3 is 1.50 bits per heavy atom. The van der Waals surface area contributed by atoms with Crippen molar-refractivity contribution in [3.05, 3.63) is 0 Å². The van der Waals surface area contributed by atoms with Crippen molar-refractivity contribution >= 4 is 31.7 Å². The second-order valence-corrected chi connectivity index (χ2v) is 6.91. The Morgan fingerprint density at radius 1 is 1.00 bits per heavy atom. The van der Waals surface area contributed by atoms with Crippen LogP contribution < -0.4 is 0 Å². The molecule has 0 aliphatic heterocycles. The summed E-state index contributed by atoms with van der Waals surface area (Å²) in [6.07, 6.45) is -0.0171. The minimum absolute atomic E-state index is 0.0171. The van der Waals surface area contributed by atoms with Gasteiger partial charge in [0, 0.05) is 0 Å². The normalized spacial score (nSPS) is 14.3. The second-order valence-electron chi connectivity index (χ2n) is 3.08. The van der Waals surface area contributed by atoms with Crippen LogP contribution >= 0.6 is 31.7 Å². The molecule has 0 aromatic rings. The van der Waals surface area contributed by atoms with Gasteiger partial charge in [-0.25, -0.2) is 0 Å². The van der Waals surface area contributed by atoms with Crippen LogP contribution in [0.4, 0.5) is 0 Å². The number of rotatable bonds is 5. The van der Waals surface area contributed by atoms with Crippen molar-refractivity contribution in [1.29, 1.82) is 0 Å². The summed E-state index contributed by atoms with van der Waals surface area (Å²) in [6.45, 7) is 7.52. The van der Waals surface area contributed by atoms with Crippen LogP contribution in [0.5, 0.6) is 0 Å². The molecule has 0 rings (SSSR count). The quantitative estimate of drug-likeness (QED) is 0.683. The molecule has 76 valence electrons. The molecule has 0 bridgehead atoms. The van der Waals surface area contributed by atoms with Gasteiger partial charge in [-0.2, -0.15) is 0 Å². The third-order valence-electron chi connectivity index (χ3n) is 1.32. The second kappa shape index (κ2) is 5.58. The van der Waals surface area contributed by atoms with Crippen molar-refractivity contribution in [3.63, 3.8) is 0 Å². The molecular weight excluding hydrogens is 222 g/mol. The predicted octanol–water partition coefficient (Wildman–Crippen LogP) is 3.66. The van der Waals surface area contributed by atoms with Gasteiger partial charge in [0.2, 0.25) is 0 Å². The molecule has 0 aromatic heterocycles. The molecule has 0 fully saturated rings. The maximum absolute atomic E-state index is 5.43. The van der Waals surface area contributed by atoms with Crippen LogP contribution in [0, 0.1) is 0 Å². The molecule has 0 N–H and O–H groups in total. The van der Waals surface area contributed by atoms with Crippen molar-refractivity contribution < 1.29 is 12.7 Å². The van der Waals surface area contributed by atoms with E-state index in [0.29, 0.717) is 0 Å². The fourth-order valence-corrected chi connectivity index (χ4v) is 3.65. The molecule has 0 spiro atoms. The molecule has 0 amide bonds. The van der Waals surface area contributed by atoms with E-state index in [1.807, 2.05) is 27.7 Å². The van der Waals surface area contributed by atoms with Gasteiger partial charge in [-0.1, -0.05) is 0 Å². The Labute approximate surface area is 84.2 Å². The number of halogens is 2. The maximum atomic E-state index is 5.43. The van der Waals surface area contributed by atoms with E-state index < -0.39 is 7.94 Å². The Hall–Kier alpha value is 0.890. The van der Waals surface area contributed by atoms with E-state index in [0.717, 1.165) is 0 Å². The van der Waals surface area contributed by atoms with Crippen LogP contribution in [-0.2, 0) is 12.7 Å². The van der Waals surface area contributed by atoms with Crippen LogP contribution in [0.25, 0.3) is 0 Å². The molecule has 0 heterocycles. The van der Waals surface area contributed by atoms with Crippen molar-refractivity contribution in [2.45, 2.75) is 39.5 Å². The molecule has 6 heteroatoms. The zero-order valence-electron chi connectivity index (χ0n) is 7.64. The molecule has 0 radical (unpaired) electrons. The fourth-order valence-electron chi connectivity index (χ4n) is 0.691. The third kappa shape index (κ3) is 3.33. The monoisotopic (exact) mass is 236 g/mol. The summed E-state index contributed by atoms with van der Waals surface area (Å²) in [6, 6.07) is 0. The van der Waals surface area contributed by atoms with Crippen LogP contribution in [0.3, 0.4) is 0 Å². The summed E-state index contributed by atoms with van der Waals surface area (Å²) < 4.78 is 14.8. The van der Waals surface area contributed by atoms with Gasteiger partial charge in [-0.3, -0.25) is 0 Å². The van der Waals surface area contributed by atoms with Gasteiger partial charge in [0.1, 0.15) is 0 Å². The summed E-state index contributed by atoms with van der Waals surface area (Å²) in [5, 5.41) is 0. The summed E-state index contributed by atoms with van der Waals surface area (Å²) >= 11 is 10.6. The van der Waals surface area contributed by atoms with E-state index in [-0.39, 0.29) is 11.8 Å². The molecule has 0 aliphatic carbocycles. The molecule has 0 saturated heterocycles. The first-order valence-corrected chi connectivity index (χ1v) is 6.17. The molecular formula is C6H15Cl2O3P. The third-order valence-corrected chi connectivity index (χ3v) is 5.26. The van der Waals surface area contributed by atoms with E-state index >= 15 is 0 Å². The van der Waals surface area contributed by atoms with E-state index in [1.165, 1.54) is 0 Å². The fraction of sp³-hybridized carbons (Fsp3) is 1.00. The van der Waals surface area contributed by atoms with Gasteiger partial charge in [-0.05, 0) is 0 Å². The first kappa shape index (κ1) is 12.9. The van der Waals surface area contributed by atoms with E-state index in [4.69, 9.17) is 36.4 Å². The molecule has 0 atom stereocenters. The summed E-state index contributed by atoms with van der Waals surface area (Å²) in [4.78, 5) is 0. The van der Waals surface area contributed by atoms with Crippen molar-refractivity contribution in [2.75, 3.05) is 0 Å². The molecule has 0 unspecified atom stereocenters. The first-order valence-electron chi connectivity index (χ1n) is 3.75. The average Bonchev–Trinajstić information content (AvgIpc) is 1.99. The van der Waals surface area contributed by atoms with Crippen LogP contribution in [-0.4, -0.2) is 11.8 Å². The van der Waals surface area contributed by atoms with E-state index in [9.17, 15) is 0 Å². The van der Waals surface area contributed by atoms with Gasteiger partial charge in [0.15, 0.2) is 0 Å². The van der Waals surface area contributed by atoms with E-state index in [2.05, 4.69) is 0 Å².